The van der Waals surface area contributed by atoms with E-state index in [1.807, 2.05) is 37.3 Å². The van der Waals surface area contributed by atoms with Gasteiger partial charge in [0.1, 0.15) is 0 Å². The number of nitrogens with zero attached hydrogens (tertiary/aromatic N) is 1. The number of hydrogen-bond acceptors (Lipinski definition) is 2. The van der Waals surface area contributed by atoms with Crippen LogP contribution in [0.4, 0.5) is 0 Å². The number of rotatable bonds is 2. The molecule has 0 radical (unpaired) electrons. The number of hydrogen-bond donors (Lipinski definition) is 1. The fourth-order valence-corrected chi connectivity index (χ4v) is 2.21. The maximum atomic E-state index is 11.9. The first-order valence-electron chi connectivity index (χ1n) is 5.63. The molecule has 0 aromatic heterocycles. The predicted molar refractivity (Wildman–Crippen MR) is 61.6 cm³/mol. The highest BCUT2D eigenvalue weighted by Gasteiger charge is 2.41. The van der Waals surface area contributed by atoms with Gasteiger partial charge in [0.2, 0.25) is 5.91 Å². The highest BCUT2D eigenvalue weighted by atomic mass is 16.3. The highest BCUT2D eigenvalue weighted by molar-refractivity contribution is 5.82. The zero-order valence-corrected chi connectivity index (χ0v) is 9.63. The summed E-state index contributed by atoms with van der Waals surface area (Å²) in [6.45, 7) is 4.27. The third-order valence-corrected chi connectivity index (χ3v) is 3.37. The summed E-state index contributed by atoms with van der Waals surface area (Å²) in [6.07, 6.45) is -0.545. The van der Waals surface area contributed by atoms with Gasteiger partial charge in [-0.05, 0) is 12.5 Å². The number of amides is 1. The molecule has 1 N–H and O–H groups in total. The van der Waals surface area contributed by atoms with Gasteiger partial charge in [0.15, 0.2) is 0 Å². The molecule has 1 saturated heterocycles. The minimum absolute atomic E-state index is 0.0452. The van der Waals surface area contributed by atoms with Crippen LogP contribution in [0.3, 0.4) is 0 Å². The van der Waals surface area contributed by atoms with Crippen molar-refractivity contribution in [3.63, 3.8) is 0 Å². The van der Waals surface area contributed by atoms with Gasteiger partial charge in [0.25, 0.3) is 0 Å². The van der Waals surface area contributed by atoms with Crippen LogP contribution in [0.15, 0.2) is 30.3 Å². The minimum Gasteiger partial charge on any atom is -0.390 e. The summed E-state index contributed by atoms with van der Waals surface area (Å²) in [5, 5.41) is 9.82. The van der Waals surface area contributed by atoms with Gasteiger partial charge in [-0.2, -0.15) is 0 Å². The second kappa shape index (κ2) is 4.26. The Balaban J connectivity index is 2.14. The number of aliphatic hydroxyl groups excluding tert-OH is 1. The van der Waals surface area contributed by atoms with Crippen LogP contribution in [0.25, 0.3) is 0 Å². The Morgan fingerprint density at radius 2 is 1.88 bits per heavy atom. The van der Waals surface area contributed by atoms with Crippen LogP contribution in [-0.4, -0.2) is 28.1 Å². The molecular formula is C13H17NO2. The summed E-state index contributed by atoms with van der Waals surface area (Å²) in [5.74, 6) is -0.234. The molecule has 0 unspecified atom stereocenters. The van der Waals surface area contributed by atoms with Crippen molar-refractivity contribution in [2.75, 3.05) is 0 Å². The molecule has 0 bridgehead atoms. The van der Waals surface area contributed by atoms with E-state index in [2.05, 4.69) is 0 Å². The lowest BCUT2D eigenvalue weighted by atomic mass is 10.1. The van der Waals surface area contributed by atoms with Crippen molar-refractivity contribution in [3.8, 4) is 0 Å². The van der Waals surface area contributed by atoms with Crippen molar-refractivity contribution in [2.24, 2.45) is 5.92 Å². The molecule has 3 atom stereocenters. The average molecular weight is 219 g/mol. The Bertz CT molecular complexity index is 377. The zero-order valence-electron chi connectivity index (χ0n) is 9.63. The number of carbonyl (C=O) groups is 1. The third kappa shape index (κ3) is 1.83. The summed E-state index contributed by atoms with van der Waals surface area (Å²) < 4.78 is 0. The van der Waals surface area contributed by atoms with Gasteiger partial charge in [0, 0.05) is 6.54 Å². The van der Waals surface area contributed by atoms with Gasteiger partial charge >= 0.3 is 0 Å². The van der Waals surface area contributed by atoms with Gasteiger partial charge in [-0.15, -0.1) is 0 Å². The summed E-state index contributed by atoms with van der Waals surface area (Å²) in [7, 11) is 0. The molecule has 16 heavy (non-hydrogen) atoms. The lowest BCUT2D eigenvalue weighted by Crippen LogP contribution is -2.33. The van der Waals surface area contributed by atoms with Gasteiger partial charge in [0.05, 0.1) is 18.1 Å². The molecule has 1 aromatic carbocycles. The normalized spacial score (nSPS) is 29.8. The third-order valence-electron chi connectivity index (χ3n) is 3.37. The average Bonchev–Trinajstić information content (AvgIpc) is 2.48. The predicted octanol–water partition coefficient (Wildman–Crippen LogP) is 1.41. The largest absolute Gasteiger partial charge is 0.390 e. The van der Waals surface area contributed by atoms with Crippen LogP contribution in [0, 0.1) is 5.92 Å². The molecule has 1 aliphatic heterocycles. The molecule has 0 aliphatic carbocycles. The first-order chi connectivity index (χ1) is 7.61. The summed E-state index contributed by atoms with van der Waals surface area (Å²) in [6, 6.07) is 9.77. The van der Waals surface area contributed by atoms with Crippen molar-refractivity contribution in [2.45, 2.75) is 32.5 Å². The standard InChI is InChI=1S/C13H17NO2/c1-9-12(15)10(2)14(13(9)16)8-11-6-4-3-5-7-11/h3-7,9-10,12,15H,8H2,1-2H3/t9-,10+,12-/m0/s1. The van der Waals surface area contributed by atoms with Crippen molar-refractivity contribution in [3.05, 3.63) is 35.9 Å². The molecule has 2 rings (SSSR count). The van der Waals surface area contributed by atoms with E-state index in [4.69, 9.17) is 0 Å². The highest BCUT2D eigenvalue weighted by Crippen LogP contribution is 2.26. The fourth-order valence-electron chi connectivity index (χ4n) is 2.21. The van der Waals surface area contributed by atoms with E-state index in [9.17, 15) is 9.90 Å². The zero-order chi connectivity index (χ0) is 11.7. The maximum absolute atomic E-state index is 11.9. The van der Waals surface area contributed by atoms with E-state index in [1.165, 1.54) is 0 Å². The molecule has 0 saturated carbocycles. The van der Waals surface area contributed by atoms with Crippen LogP contribution >= 0.6 is 0 Å². The number of aliphatic hydroxyl groups is 1. The van der Waals surface area contributed by atoms with Crippen LogP contribution in [0.1, 0.15) is 19.4 Å². The number of carbonyl (C=O) groups excluding carboxylic acids is 1. The first-order valence-corrected chi connectivity index (χ1v) is 5.63. The van der Waals surface area contributed by atoms with Crippen LogP contribution < -0.4 is 0 Å². The Kier molecular flexibility index (Phi) is 2.97. The topological polar surface area (TPSA) is 40.5 Å². The van der Waals surface area contributed by atoms with Crippen LogP contribution in [0.5, 0.6) is 0 Å². The van der Waals surface area contributed by atoms with E-state index >= 15 is 0 Å². The molecule has 1 fully saturated rings. The van der Waals surface area contributed by atoms with Crippen LogP contribution in [0.2, 0.25) is 0 Å². The van der Waals surface area contributed by atoms with E-state index < -0.39 is 6.10 Å². The van der Waals surface area contributed by atoms with Crippen LogP contribution in [-0.2, 0) is 11.3 Å². The Hall–Kier alpha value is -1.35. The van der Waals surface area contributed by atoms with E-state index in [-0.39, 0.29) is 17.9 Å². The SMILES string of the molecule is C[C@@H]1C(=O)N(Cc2ccccc2)[C@H](C)[C@H]1O. The number of likely N-dealkylation sites (tertiary alicyclic amines) is 1. The number of benzene rings is 1. The quantitative estimate of drug-likeness (QED) is 0.817. The maximum Gasteiger partial charge on any atom is 0.228 e. The van der Waals surface area contributed by atoms with Crippen molar-refractivity contribution in [1.29, 1.82) is 0 Å². The summed E-state index contributed by atoms with van der Waals surface area (Å²) in [5.41, 5.74) is 1.10. The Morgan fingerprint density at radius 1 is 1.25 bits per heavy atom. The molecule has 1 amide bonds. The molecular weight excluding hydrogens is 202 g/mol. The second-order valence-corrected chi connectivity index (χ2v) is 4.47. The molecule has 86 valence electrons. The smallest absolute Gasteiger partial charge is 0.228 e. The molecule has 3 nitrogen and oxygen atoms in total. The Morgan fingerprint density at radius 3 is 2.38 bits per heavy atom. The lowest BCUT2D eigenvalue weighted by Gasteiger charge is -2.22. The first kappa shape index (κ1) is 11.1. The molecule has 1 aromatic rings. The second-order valence-electron chi connectivity index (χ2n) is 4.47. The molecule has 0 spiro atoms. The Labute approximate surface area is 95.7 Å². The van der Waals surface area contributed by atoms with Gasteiger partial charge in [-0.1, -0.05) is 37.3 Å². The van der Waals surface area contributed by atoms with Gasteiger partial charge in [-0.3, -0.25) is 4.79 Å². The van der Waals surface area contributed by atoms with E-state index in [0.717, 1.165) is 5.56 Å². The van der Waals surface area contributed by atoms with E-state index in [0.29, 0.717) is 6.54 Å². The molecule has 1 heterocycles. The van der Waals surface area contributed by atoms with Gasteiger partial charge in [-0.25, -0.2) is 0 Å². The summed E-state index contributed by atoms with van der Waals surface area (Å²) >= 11 is 0. The fraction of sp³-hybridized carbons (Fsp3) is 0.462. The van der Waals surface area contributed by atoms with E-state index in [1.54, 1.807) is 11.8 Å². The minimum atomic E-state index is -0.545. The van der Waals surface area contributed by atoms with Crippen molar-refractivity contribution in [1.82, 2.24) is 4.90 Å². The lowest BCUT2D eigenvalue weighted by molar-refractivity contribution is -0.132. The molecule has 3 heteroatoms. The van der Waals surface area contributed by atoms with Crippen molar-refractivity contribution < 1.29 is 9.90 Å². The molecule has 1 aliphatic rings. The van der Waals surface area contributed by atoms with Gasteiger partial charge < -0.3 is 10.0 Å². The monoisotopic (exact) mass is 219 g/mol. The summed E-state index contributed by atoms with van der Waals surface area (Å²) in [4.78, 5) is 13.7. The van der Waals surface area contributed by atoms with Crippen molar-refractivity contribution >= 4 is 5.91 Å².